The van der Waals surface area contributed by atoms with Crippen LogP contribution in [0.25, 0.3) is 0 Å². The van der Waals surface area contributed by atoms with Gasteiger partial charge in [-0.25, -0.2) is 5.41 Å². The Labute approximate surface area is 128 Å². The fourth-order valence-corrected chi connectivity index (χ4v) is 1.93. The van der Waals surface area contributed by atoms with Crippen LogP contribution in [0.4, 0.5) is 0 Å². The molecule has 0 fully saturated rings. The monoisotopic (exact) mass is 315 g/mol. The van der Waals surface area contributed by atoms with Crippen molar-refractivity contribution in [1.82, 2.24) is 5.32 Å². The van der Waals surface area contributed by atoms with E-state index < -0.39 is 0 Å². The van der Waals surface area contributed by atoms with E-state index in [4.69, 9.17) is 33.3 Å². The normalized spacial score (nSPS) is 11.2. The number of carbonyl (C=O) groups excluding carboxylic acids is 1. The van der Waals surface area contributed by atoms with Crippen LogP contribution < -0.4 is 15.5 Å². The SMILES string of the molecule is COc1ccc(C)c(CNC(=O)/C=C(/Cl)C(=[NH2+])Cl)c1C. The number of amides is 1. The summed E-state index contributed by atoms with van der Waals surface area (Å²) in [4.78, 5) is 11.7. The Hall–Kier alpha value is -1.52. The van der Waals surface area contributed by atoms with Crippen molar-refractivity contribution >= 4 is 34.3 Å². The van der Waals surface area contributed by atoms with Crippen LogP contribution in [-0.2, 0) is 11.3 Å². The van der Waals surface area contributed by atoms with E-state index in [1.54, 1.807) is 7.11 Å². The van der Waals surface area contributed by atoms with Crippen molar-refractivity contribution in [2.24, 2.45) is 0 Å². The fraction of sp³-hybridized carbons (Fsp3) is 0.286. The number of hydrogen-bond acceptors (Lipinski definition) is 2. The van der Waals surface area contributed by atoms with E-state index in [2.05, 4.69) is 5.32 Å². The van der Waals surface area contributed by atoms with Crippen LogP contribution in [0.1, 0.15) is 16.7 Å². The van der Waals surface area contributed by atoms with E-state index >= 15 is 0 Å². The van der Waals surface area contributed by atoms with Crippen LogP contribution >= 0.6 is 23.2 Å². The Kier molecular flexibility index (Phi) is 6.05. The van der Waals surface area contributed by atoms with E-state index in [9.17, 15) is 4.79 Å². The third kappa shape index (κ3) is 4.25. The van der Waals surface area contributed by atoms with Gasteiger partial charge in [0, 0.05) is 12.6 Å². The van der Waals surface area contributed by atoms with Crippen molar-refractivity contribution in [3.8, 4) is 5.75 Å². The van der Waals surface area contributed by atoms with E-state index in [-0.39, 0.29) is 16.1 Å². The molecule has 1 aromatic carbocycles. The minimum Gasteiger partial charge on any atom is -0.496 e. The van der Waals surface area contributed by atoms with Crippen molar-refractivity contribution in [1.29, 1.82) is 0 Å². The summed E-state index contributed by atoms with van der Waals surface area (Å²) in [5.41, 5.74) is 3.07. The van der Waals surface area contributed by atoms with Crippen molar-refractivity contribution in [3.63, 3.8) is 0 Å². The highest BCUT2D eigenvalue weighted by atomic mass is 35.5. The van der Waals surface area contributed by atoms with Gasteiger partial charge in [-0.05, 0) is 48.2 Å². The molecule has 0 aromatic heterocycles. The largest absolute Gasteiger partial charge is 0.496 e. The Bertz CT molecular complexity index is 569. The molecule has 108 valence electrons. The Balaban J connectivity index is 2.83. The minimum atomic E-state index is -0.361. The van der Waals surface area contributed by atoms with Crippen molar-refractivity contribution in [2.45, 2.75) is 20.4 Å². The van der Waals surface area contributed by atoms with Gasteiger partial charge in [0.15, 0.2) is 0 Å². The molecule has 0 heterocycles. The summed E-state index contributed by atoms with van der Waals surface area (Å²) in [6, 6.07) is 3.84. The molecular weight excluding hydrogens is 299 g/mol. The smallest absolute Gasteiger partial charge is 0.285 e. The summed E-state index contributed by atoms with van der Waals surface area (Å²) in [6.07, 6.45) is 1.15. The van der Waals surface area contributed by atoms with Crippen LogP contribution in [0.5, 0.6) is 5.75 Å². The zero-order chi connectivity index (χ0) is 15.3. The van der Waals surface area contributed by atoms with Gasteiger partial charge in [-0.15, -0.1) is 0 Å². The predicted molar refractivity (Wildman–Crippen MR) is 81.0 cm³/mol. The van der Waals surface area contributed by atoms with Crippen molar-refractivity contribution in [2.75, 3.05) is 7.11 Å². The number of methoxy groups -OCH3 is 1. The summed E-state index contributed by atoms with van der Waals surface area (Å²) in [7, 11) is 1.61. The number of aryl methyl sites for hydroxylation is 1. The maximum atomic E-state index is 11.7. The standard InChI is InChI=1S/C14H16Cl2N2O2/c1-8-4-5-12(20-3)9(2)10(8)7-18-13(19)6-11(15)14(16)17/h4-6,17H,7H2,1-3H3,(H,18,19)/p+1/b11-6+,17-14?. The van der Waals surface area contributed by atoms with Gasteiger partial charge in [-0.2, -0.15) is 0 Å². The molecule has 0 saturated heterocycles. The maximum Gasteiger partial charge on any atom is 0.285 e. The molecule has 0 radical (unpaired) electrons. The zero-order valence-electron chi connectivity index (χ0n) is 11.6. The Morgan fingerprint density at radius 3 is 2.60 bits per heavy atom. The minimum absolute atomic E-state index is 0.0169. The second kappa shape index (κ2) is 7.31. The summed E-state index contributed by atoms with van der Waals surface area (Å²) in [6.45, 7) is 4.29. The van der Waals surface area contributed by atoms with E-state index in [1.807, 2.05) is 26.0 Å². The molecule has 20 heavy (non-hydrogen) atoms. The first-order valence-electron chi connectivity index (χ1n) is 5.93. The van der Waals surface area contributed by atoms with Gasteiger partial charge in [0.05, 0.1) is 7.11 Å². The summed E-state index contributed by atoms with van der Waals surface area (Å²) < 4.78 is 5.26. The lowest BCUT2D eigenvalue weighted by molar-refractivity contribution is -0.117. The van der Waals surface area contributed by atoms with Crippen molar-refractivity contribution < 1.29 is 14.9 Å². The number of nitrogens with two attached hydrogens (primary N) is 1. The van der Waals surface area contributed by atoms with E-state index in [0.29, 0.717) is 6.54 Å². The van der Waals surface area contributed by atoms with Gasteiger partial charge in [-0.3, -0.25) is 4.79 Å². The van der Waals surface area contributed by atoms with E-state index in [1.165, 1.54) is 0 Å². The molecule has 0 aliphatic heterocycles. The second-order valence-corrected chi connectivity index (χ2v) is 5.06. The van der Waals surface area contributed by atoms with Crippen LogP contribution in [0.3, 0.4) is 0 Å². The molecular formula is C14H17Cl2N2O2+. The van der Waals surface area contributed by atoms with Gasteiger partial charge < -0.3 is 10.1 Å². The molecule has 0 saturated carbocycles. The maximum absolute atomic E-state index is 11.7. The molecule has 1 amide bonds. The number of nitrogens with one attached hydrogen (secondary N) is 1. The number of halogens is 2. The molecule has 0 bridgehead atoms. The van der Waals surface area contributed by atoms with Crippen molar-refractivity contribution in [3.05, 3.63) is 39.9 Å². The molecule has 0 spiro atoms. The third-order valence-corrected chi connectivity index (χ3v) is 3.54. The lowest BCUT2D eigenvalue weighted by Gasteiger charge is -2.13. The topological polar surface area (TPSA) is 63.9 Å². The first kappa shape index (κ1) is 16.5. The average molecular weight is 316 g/mol. The number of allylic oxidation sites excluding steroid dienone is 1. The summed E-state index contributed by atoms with van der Waals surface area (Å²) >= 11 is 11.2. The van der Waals surface area contributed by atoms with Gasteiger partial charge in [-0.1, -0.05) is 17.7 Å². The average Bonchev–Trinajstić information content (AvgIpc) is 2.38. The van der Waals surface area contributed by atoms with Gasteiger partial charge in [0.25, 0.3) is 5.17 Å². The molecule has 1 aromatic rings. The first-order chi connectivity index (χ1) is 9.36. The Morgan fingerprint density at radius 1 is 1.40 bits per heavy atom. The molecule has 0 aliphatic carbocycles. The van der Waals surface area contributed by atoms with Crippen LogP contribution in [0.15, 0.2) is 23.2 Å². The number of ether oxygens (including phenoxy) is 1. The van der Waals surface area contributed by atoms with Gasteiger partial charge >= 0.3 is 0 Å². The van der Waals surface area contributed by atoms with Crippen LogP contribution in [0.2, 0.25) is 0 Å². The third-order valence-electron chi connectivity index (χ3n) is 2.93. The molecule has 0 aliphatic rings. The van der Waals surface area contributed by atoms with Gasteiger partial charge in [0.2, 0.25) is 5.91 Å². The number of carbonyl (C=O) groups is 1. The lowest BCUT2D eigenvalue weighted by Crippen LogP contribution is -2.36. The van der Waals surface area contributed by atoms with E-state index in [0.717, 1.165) is 28.5 Å². The quantitative estimate of drug-likeness (QED) is 0.638. The number of hydrogen-bond donors (Lipinski definition) is 2. The second-order valence-electron chi connectivity index (χ2n) is 4.25. The molecule has 0 unspecified atom stereocenters. The summed E-state index contributed by atoms with van der Waals surface area (Å²) in [5.74, 6) is 0.423. The number of rotatable bonds is 5. The lowest BCUT2D eigenvalue weighted by atomic mass is 10.0. The first-order valence-corrected chi connectivity index (χ1v) is 6.68. The molecule has 3 N–H and O–H groups in total. The molecule has 0 atom stereocenters. The fourth-order valence-electron chi connectivity index (χ4n) is 1.77. The zero-order valence-corrected chi connectivity index (χ0v) is 13.1. The highest BCUT2D eigenvalue weighted by molar-refractivity contribution is 6.74. The molecule has 4 nitrogen and oxygen atoms in total. The highest BCUT2D eigenvalue weighted by Crippen LogP contribution is 2.24. The molecule has 1 rings (SSSR count). The highest BCUT2D eigenvalue weighted by Gasteiger charge is 2.10. The van der Waals surface area contributed by atoms with Crippen LogP contribution in [0, 0.1) is 13.8 Å². The van der Waals surface area contributed by atoms with Crippen LogP contribution in [-0.4, -0.2) is 18.2 Å². The summed E-state index contributed by atoms with van der Waals surface area (Å²) in [5, 5.41) is 7.90. The predicted octanol–water partition coefficient (Wildman–Crippen LogP) is 1.45. The number of benzene rings is 1. The Morgan fingerprint density at radius 2 is 2.05 bits per heavy atom. The van der Waals surface area contributed by atoms with Gasteiger partial charge in [0.1, 0.15) is 10.8 Å². The molecule has 6 heteroatoms.